The summed E-state index contributed by atoms with van der Waals surface area (Å²) in [6.07, 6.45) is -3.31. The van der Waals surface area contributed by atoms with Crippen LogP contribution in [0.3, 0.4) is 0 Å². The van der Waals surface area contributed by atoms with Crippen LogP contribution in [-0.2, 0) is 17.6 Å². The third-order valence-corrected chi connectivity index (χ3v) is 5.29. The van der Waals surface area contributed by atoms with Gasteiger partial charge < -0.3 is 14.8 Å². The van der Waals surface area contributed by atoms with Gasteiger partial charge in [0, 0.05) is 5.69 Å². The van der Waals surface area contributed by atoms with Gasteiger partial charge in [0.1, 0.15) is 18.2 Å². The van der Waals surface area contributed by atoms with Crippen LogP contribution in [0.25, 0.3) is 6.08 Å². The molecule has 0 radical (unpaired) electrons. The maximum atomic E-state index is 12.9. The number of amides is 1. The molecule has 0 unspecified atom stereocenters. The summed E-state index contributed by atoms with van der Waals surface area (Å²) < 4.78 is 50.0. The fraction of sp³-hybridized carbons (Fsp3) is 0.154. The lowest BCUT2D eigenvalue weighted by Crippen LogP contribution is -2.14. The van der Waals surface area contributed by atoms with Crippen LogP contribution in [0.5, 0.6) is 11.5 Å². The van der Waals surface area contributed by atoms with Crippen molar-refractivity contribution in [1.29, 1.82) is 5.26 Å². The molecular formula is C26H20ClF3N2O3. The van der Waals surface area contributed by atoms with E-state index >= 15 is 0 Å². The molecule has 0 aliphatic heterocycles. The van der Waals surface area contributed by atoms with Crippen molar-refractivity contribution in [2.45, 2.75) is 19.7 Å². The molecule has 0 bridgehead atoms. The number of carbonyl (C=O) groups is 1. The normalized spacial score (nSPS) is 11.5. The van der Waals surface area contributed by atoms with E-state index in [1.165, 1.54) is 31.4 Å². The molecule has 0 saturated heterocycles. The molecular weight excluding hydrogens is 481 g/mol. The molecule has 0 saturated carbocycles. The minimum absolute atomic E-state index is 0.0958. The number of rotatable bonds is 7. The lowest BCUT2D eigenvalue weighted by atomic mass is 10.1. The molecule has 35 heavy (non-hydrogen) atoms. The van der Waals surface area contributed by atoms with E-state index in [1.54, 1.807) is 6.07 Å². The average Bonchev–Trinajstić information content (AvgIpc) is 2.82. The van der Waals surface area contributed by atoms with Crippen molar-refractivity contribution in [3.8, 4) is 17.6 Å². The van der Waals surface area contributed by atoms with Crippen LogP contribution in [0.2, 0.25) is 5.02 Å². The van der Waals surface area contributed by atoms with Crippen LogP contribution < -0.4 is 14.8 Å². The predicted octanol–water partition coefficient (Wildman–Crippen LogP) is 6.80. The van der Waals surface area contributed by atoms with Crippen LogP contribution >= 0.6 is 11.6 Å². The number of ether oxygens (including phenoxy) is 2. The second kappa shape index (κ2) is 11.0. The smallest absolute Gasteiger partial charge is 0.416 e. The second-order valence-corrected chi connectivity index (χ2v) is 7.86. The Hall–Kier alpha value is -3.96. The fourth-order valence-corrected chi connectivity index (χ4v) is 3.45. The highest BCUT2D eigenvalue weighted by Crippen LogP contribution is 2.38. The van der Waals surface area contributed by atoms with Crippen molar-refractivity contribution in [3.63, 3.8) is 0 Å². The van der Waals surface area contributed by atoms with Gasteiger partial charge in [-0.1, -0.05) is 41.9 Å². The molecule has 3 rings (SSSR count). The van der Waals surface area contributed by atoms with E-state index in [2.05, 4.69) is 5.32 Å². The van der Waals surface area contributed by atoms with Crippen molar-refractivity contribution < 1.29 is 27.4 Å². The molecule has 9 heteroatoms. The number of nitriles is 1. The quantitative estimate of drug-likeness (QED) is 0.286. The summed E-state index contributed by atoms with van der Waals surface area (Å²) in [7, 11) is 1.42. The summed E-state index contributed by atoms with van der Waals surface area (Å²) in [5.41, 5.74) is 1.03. The number of benzene rings is 3. The number of anilines is 1. The topological polar surface area (TPSA) is 71.3 Å². The minimum Gasteiger partial charge on any atom is -0.493 e. The number of nitrogens with one attached hydrogen (secondary N) is 1. The molecule has 0 aromatic heterocycles. The lowest BCUT2D eigenvalue weighted by molar-refractivity contribution is -0.137. The molecule has 1 N–H and O–H groups in total. The van der Waals surface area contributed by atoms with Crippen LogP contribution in [0.4, 0.5) is 18.9 Å². The van der Waals surface area contributed by atoms with Crippen molar-refractivity contribution >= 4 is 29.3 Å². The zero-order valence-electron chi connectivity index (χ0n) is 18.7. The molecule has 0 spiro atoms. The number of hydrogen-bond acceptors (Lipinski definition) is 4. The Morgan fingerprint density at radius 1 is 1.14 bits per heavy atom. The van der Waals surface area contributed by atoms with E-state index in [0.29, 0.717) is 11.3 Å². The number of alkyl halides is 3. The Morgan fingerprint density at radius 2 is 1.89 bits per heavy atom. The Labute approximate surface area is 205 Å². The Balaban J connectivity index is 1.83. The molecule has 0 aliphatic carbocycles. The molecule has 3 aromatic carbocycles. The molecule has 0 atom stereocenters. The first-order valence-electron chi connectivity index (χ1n) is 10.3. The molecule has 0 heterocycles. The first-order valence-corrected chi connectivity index (χ1v) is 10.7. The van der Waals surface area contributed by atoms with Gasteiger partial charge in [0.05, 0.1) is 17.7 Å². The third-order valence-electron chi connectivity index (χ3n) is 5.01. The van der Waals surface area contributed by atoms with Crippen LogP contribution in [-0.4, -0.2) is 13.0 Å². The lowest BCUT2D eigenvalue weighted by Gasteiger charge is -2.14. The number of carbonyl (C=O) groups excluding carboxylic acids is 1. The van der Waals surface area contributed by atoms with Gasteiger partial charge in [-0.25, -0.2) is 0 Å². The van der Waals surface area contributed by atoms with Crippen molar-refractivity contribution in [2.24, 2.45) is 0 Å². The van der Waals surface area contributed by atoms with Gasteiger partial charge in [-0.05, 0) is 60.0 Å². The second-order valence-electron chi connectivity index (χ2n) is 7.45. The summed E-state index contributed by atoms with van der Waals surface area (Å²) in [4.78, 5) is 12.5. The minimum atomic E-state index is -4.56. The zero-order chi connectivity index (χ0) is 25.6. The highest BCUT2D eigenvalue weighted by molar-refractivity contribution is 6.32. The van der Waals surface area contributed by atoms with Gasteiger partial charge in [-0.2, -0.15) is 18.4 Å². The van der Waals surface area contributed by atoms with Crippen molar-refractivity contribution in [1.82, 2.24) is 0 Å². The summed E-state index contributed by atoms with van der Waals surface area (Å²) in [5, 5.41) is 12.0. The summed E-state index contributed by atoms with van der Waals surface area (Å²) in [6, 6.07) is 16.6. The van der Waals surface area contributed by atoms with E-state index < -0.39 is 17.6 Å². The van der Waals surface area contributed by atoms with Crippen molar-refractivity contribution in [3.05, 3.63) is 93.5 Å². The molecule has 3 aromatic rings. The Kier molecular flexibility index (Phi) is 8.05. The highest BCUT2D eigenvalue weighted by atomic mass is 35.5. The molecule has 0 fully saturated rings. The number of aryl methyl sites for hydroxylation is 1. The average molecular weight is 501 g/mol. The number of halogens is 4. The highest BCUT2D eigenvalue weighted by Gasteiger charge is 2.30. The Bertz CT molecular complexity index is 1310. The van der Waals surface area contributed by atoms with Gasteiger partial charge >= 0.3 is 6.18 Å². The predicted molar refractivity (Wildman–Crippen MR) is 127 cm³/mol. The van der Waals surface area contributed by atoms with E-state index in [9.17, 15) is 23.2 Å². The van der Waals surface area contributed by atoms with Crippen LogP contribution in [0, 0.1) is 18.3 Å². The molecule has 0 aliphatic rings. The van der Waals surface area contributed by atoms with Gasteiger partial charge in [0.25, 0.3) is 5.91 Å². The summed E-state index contributed by atoms with van der Waals surface area (Å²) in [6.45, 7) is 2.21. The molecule has 180 valence electrons. The van der Waals surface area contributed by atoms with E-state index in [4.69, 9.17) is 21.1 Å². The summed E-state index contributed by atoms with van der Waals surface area (Å²) >= 11 is 6.39. The molecule has 5 nitrogen and oxygen atoms in total. The summed E-state index contributed by atoms with van der Waals surface area (Å²) in [5.74, 6) is -0.295. The van der Waals surface area contributed by atoms with E-state index in [-0.39, 0.29) is 28.6 Å². The van der Waals surface area contributed by atoms with Gasteiger partial charge in [-0.3, -0.25) is 4.79 Å². The monoisotopic (exact) mass is 500 g/mol. The maximum absolute atomic E-state index is 12.9. The zero-order valence-corrected chi connectivity index (χ0v) is 19.5. The van der Waals surface area contributed by atoms with E-state index in [0.717, 1.165) is 29.3 Å². The third kappa shape index (κ3) is 6.55. The van der Waals surface area contributed by atoms with Gasteiger partial charge in [-0.15, -0.1) is 0 Å². The SMILES string of the molecule is COc1cc(/C=C(\C#N)C(=O)Nc2cccc(C(F)(F)F)c2)cc(Cl)c1OCc1ccccc1C. The molecule has 1 amide bonds. The maximum Gasteiger partial charge on any atom is 0.416 e. The fourth-order valence-electron chi connectivity index (χ4n) is 3.17. The van der Waals surface area contributed by atoms with Gasteiger partial charge in [0.15, 0.2) is 11.5 Å². The number of methoxy groups -OCH3 is 1. The largest absolute Gasteiger partial charge is 0.493 e. The Morgan fingerprint density at radius 3 is 2.54 bits per heavy atom. The van der Waals surface area contributed by atoms with Crippen molar-refractivity contribution in [2.75, 3.05) is 12.4 Å². The first-order chi connectivity index (χ1) is 16.6. The first kappa shape index (κ1) is 25.7. The number of nitrogens with zero attached hydrogens (tertiary/aromatic N) is 1. The van der Waals surface area contributed by atoms with Crippen LogP contribution in [0.1, 0.15) is 22.3 Å². The standard InChI is InChI=1S/C26H20ClF3N2O3/c1-16-6-3-4-7-18(16)15-35-24-22(27)11-17(12-23(24)34-2)10-19(14-31)25(33)32-21-9-5-8-20(13-21)26(28,29)30/h3-13H,15H2,1-2H3,(H,32,33)/b19-10+. The van der Waals surface area contributed by atoms with Crippen LogP contribution in [0.15, 0.2) is 66.2 Å². The van der Waals surface area contributed by atoms with Gasteiger partial charge in [0.2, 0.25) is 0 Å². The van der Waals surface area contributed by atoms with E-state index in [1.807, 2.05) is 31.2 Å². The number of hydrogen-bond donors (Lipinski definition) is 1.